The van der Waals surface area contributed by atoms with Crippen molar-refractivity contribution < 1.29 is 33.3 Å². The highest BCUT2D eigenvalue weighted by Gasteiger charge is 2.68. The summed E-state index contributed by atoms with van der Waals surface area (Å²) in [6.07, 6.45) is 7.65. The van der Waals surface area contributed by atoms with Crippen LogP contribution in [0.25, 0.3) is 11.1 Å². The van der Waals surface area contributed by atoms with Gasteiger partial charge in [-0.05, 0) is 111 Å². The molecule has 1 heterocycles. The summed E-state index contributed by atoms with van der Waals surface area (Å²) in [5.74, 6) is -1.90. The van der Waals surface area contributed by atoms with E-state index < -0.39 is 30.9 Å². The number of nitrogens with two attached hydrogens (primary N) is 2. The molecule has 0 radical (unpaired) electrons. The van der Waals surface area contributed by atoms with Crippen molar-refractivity contribution in [3.05, 3.63) is 59.7 Å². The number of likely N-dealkylation sites (N-methyl/N-ethyl adjacent to an activating group) is 1. The molecule has 3 aliphatic carbocycles. The van der Waals surface area contributed by atoms with Crippen LogP contribution in [-0.2, 0) is 34.9 Å². The molecule has 2 aromatic rings. The summed E-state index contributed by atoms with van der Waals surface area (Å²) in [4.78, 5) is 68.8. The molecule has 11 nitrogen and oxygen atoms in total. The average molecular weight is 827 g/mol. The lowest BCUT2D eigenvalue weighted by Gasteiger charge is -2.64. The molecule has 1 saturated heterocycles. The van der Waals surface area contributed by atoms with Crippen molar-refractivity contribution in [2.24, 2.45) is 40.6 Å². The molecule has 0 unspecified atom stereocenters. The molecule has 6 rings (SSSR count). The first-order chi connectivity index (χ1) is 28.5. The number of hydrogen-bond donors (Lipinski definition) is 3. The predicted molar refractivity (Wildman–Crippen MR) is 237 cm³/mol. The maximum Gasteiger partial charge on any atom is 0.461 e. The zero-order valence-corrected chi connectivity index (χ0v) is 37.3. The maximum absolute atomic E-state index is 13.8. The van der Waals surface area contributed by atoms with E-state index in [1.54, 1.807) is 19.1 Å². The molecule has 12 heteroatoms. The van der Waals surface area contributed by atoms with Gasteiger partial charge in [0.15, 0.2) is 17.3 Å². The van der Waals surface area contributed by atoms with Crippen molar-refractivity contribution in [3.8, 4) is 11.1 Å². The van der Waals surface area contributed by atoms with Crippen molar-refractivity contribution in [3.63, 3.8) is 0 Å². The Morgan fingerprint density at radius 3 is 2.15 bits per heavy atom. The lowest BCUT2D eigenvalue weighted by molar-refractivity contribution is -0.199. The Balaban J connectivity index is 1.10. The van der Waals surface area contributed by atoms with Gasteiger partial charge in [0.25, 0.3) is 0 Å². The molecule has 2 bridgehead atoms. The second kappa shape index (κ2) is 20.9. The van der Waals surface area contributed by atoms with Gasteiger partial charge in [-0.2, -0.15) is 0 Å². The van der Waals surface area contributed by atoms with E-state index in [1.807, 2.05) is 19.1 Å². The molecule has 328 valence electrons. The largest absolute Gasteiger partial charge is 0.461 e. The Morgan fingerprint density at radius 2 is 1.53 bits per heavy atom. The first kappa shape index (κ1) is 47.3. The summed E-state index contributed by atoms with van der Waals surface area (Å²) < 4.78 is 13.1. The summed E-state index contributed by atoms with van der Waals surface area (Å²) in [6.45, 7) is 13.1. The Kier molecular flexibility index (Phi) is 16.5. The number of benzene rings is 2. The molecular weight excluding hydrogens is 755 g/mol. The smallest absolute Gasteiger partial charge is 0.405 e. The maximum atomic E-state index is 13.8. The van der Waals surface area contributed by atoms with Crippen molar-refractivity contribution >= 4 is 36.3 Å². The fraction of sp³-hybridized carbons (Fsp3) is 0.646. The van der Waals surface area contributed by atoms with E-state index in [9.17, 15) is 24.0 Å². The lowest BCUT2D eigenvalue weighted by Crippen LogP contribution is -2.65. The van der Waals surface area contributed by atoms with E-state index in [-0.39, 0.29) is 78.5 Å². The quantitative estimate of drug-likeness (QED) is 0.0574. The Hall–Kier alpha value is -3.71. The van der Waals surface area contributed by atoms with Gasteiger partial charge >= 0.3 is 7.12 Å². The molecule has 2 amide bonds. The number of carbonyl (C=O) groups is 5. The Morgan fingerprint density at radius 1 is 0.867 bits per heavy atom. The van der Waals surface area contributed by atoms with Crippen LogP contribution in [0.3, 0.4) is 0 Å². The van der Waals surface area contributed by atoms with E-state index in [4.69, 9.17) is 20.8 Å². The summed E-state index contributed by atoms with van der Waals surface area (Å²) in [5.41, 5.74) is 15.4. The molecule has 60 heavy (non-hydrogen) atoms. The number of carbonyl (C=O) groups excluding carboxylic acids is 5. The van der Waals surface area contributed by atoms with Gasteiger partial charge in [-0.1, -0.05) is 89.6 Å². The summed E-state index contributed by atoms with van der Waals surface area (Å²) in [6, 6.07) is 15.2. The third-order valence-corrected chi connectivity index (χ3v) is 14.0. The summed E-state index contributed by atoms with van der Waals surface area (Å²) in [5, 5.41) is 2.93. The van der Waals surface area contributed by atoms with Crippen LogP contribution in [0, 0.1) is 29.1 Å². The van der Waals surface area contributed by atoms with Crippen LogP contribution < -0.4 is 16.8 Å². The molecule has 2 aromatic carbocycles. The van der Waals surface area contributed by atoms with Crippen molar-refractivity contribution in [1.29, 1.82) is 0 Å². The van der Waals surface area contributed by atoms with Gasteiger partial charge in [0, 0.05) is 43.7 Å². The topological polar surface area (TPSA) is 171 Å². The zero-order chi connectivity index (χ0) is 43.8. The molecule has 8 atom stereocenters. The van der Waals surface area contributed by atoms with Gasteiger partial charge in [-0.3, -0.25) is 24.0 Å². The van der Waals surface area contributed by atoms with Gasteiger partial charge in [0.1, 0.15) is 0 Å². The van der Waals surface area contributed by atoms with Crippen LogP contribution in [-0.4, -0.2) is 85.6 Å². The third kappa shape index (κ3) is 11.2. The first-order valence-corrected chi connectivity index (χ1v) is 22.6. The standard InChI is InChI=1S/C48H71BN4O7/c1-8-9-12-33-14-16-34(17-15-33)35-18-20-36(21-19-35)41(55)27-37(22-24-51)46(58)53(7)30-39(54)25-31(2)45(57)52-40(13-10-11-23-50)42(56)26-32(3)49-59-44-29-38-28-43(47(38,4)5)48(44,6)60-49/h14-21,31-32,37-38,40,43-44H,8-13,22-30,50-51H2,1-7H3,(H,52,57)/t31-,32-,37-,38+,40+,43+,44-,48+/m1/s1. The number of rotatable bonds is 24. The van der Waals surface area contributed by atoms with Crippen LogP contribution in [0.15, 0.2) is 48.5 Å². The minimum atomic E-state index is -0.731. The van der Waals surface area contributed by atoms with Crippen molar-refractivity contribution in [1.82, 2.24) is 10.2 Å². The summed E-state index contributed by atoms with van der Waals surface area (Å²) >= 11 is 0. The van der Waals surface area contributed by atoms with Crippen LogP contribution in [0.1, 0.15) is 128 Å². The number of aryl methyl sites for hydroxylation is 1. The number of Topliss-reactive ketones (excluding diaryl/α,β-unsaturated/α-hetero) is 3. The van der Waals surface area contributed by atoms with Gasteiger partial charge < -0.3 is 31.0 Å². The highest BCUT2D eigenvalue weighted by Crippen LogP contribution is 2.66. The zero-order valence-electron chi connectivity index (χ0n) is 37.3. The van der Waals surface area contributed by atoms with Gasteiger partial charge in [0.2, 0.25) is 11.8 Å². The van der Waals surface area contributed by atoms with Crippen LogP contribution in [0.4, 0.5) is 0 Å². The second-order valence-electron chi connectivity index (χ2n) is 18.9. The van der Waals surface area contributed by atoms with Crippen LogP contribution in [0.2, 0.25) is 5.82 Å². The number of hydrogen-bond acceptors (Lipinski definition) is 9. The Bertz CT molecular complexity index is 1800. The molecule has 3 saturated carbocycles. The third-order valence-electron chi connectivity index (χ3n) is 14.0. The van der Waals surface area contributed by atoms with Gasteiger partial charge in [-0.25, -0.2) is 0 Å². The second-order valence-corrected chi connectivity index (χ2v) is 18.9. The minimum absolute atomic E-state index is 0.0196. The van der Waals surface area contributed by atoms with Gasteiger partial charge in [0.05, 0.1) is 24.3 Å². The number of nitrogens with one attached hydrogen (secondary N) is 1. The highest BCUT2D eigenvalue weighted by atomic mass is 16.7. The molecule has 1 aliphatic heterocycles. The van der Waals surface area contributed by atoms with Crippen molar-refractivity contribution in [2.75, 3.05) is 26.7 Å². The summed E-state index contributed by atoms with van der Waals surface area (Å²) in [7, 11) is 1.04. The predicted octanol–water partition coefficient (Wildman–Crippen LogP) is 6.98. The fourth-order valence-corrected chi connectivity index (χ4v) is 9.92. The number of amides is 2. The number of nitrogens with zero attached hydrogens (tertiary/aromatic N) is 1. The Labute approximate surface area is 359 Å². The van der Waals surface area contributed by atoms with E-state index in [0.717, 1.165) is 43.2 Å². The van der Waals surface area contributed by atoms with E-state index in [2.05, 4.69) is 57.3 Å². The highest BCUT2D eigenvalue weighted by molar-refractivity contribution is 6.47. The van der Waals surface area contributed by atoms with E-state index >= 15 is 0 Å². The molecule has 5 N–H and O–H groups in total. The number of unbranched alkanes of at least 4 members (excludes halogenated alkanes) is 2. The van der Waals surface area contributed by atoms with Crippen LogP contribution >= 0.6 is 0 Å². The van der Waals surface area contributed by atoms with Crippen LogP contribution in [0.5, 0.6) is 0 Å². The van der Waals surface area contributed by atoms with Crippen molar-refractivity contribution in [2.45, 2.75) is 142 Å². The minimum Gasteiger partial charge on any atom is -0.405 e. The molecule has 0 aromatic heterocycles. The van der Waals surface area contributed by atoms with E-state index in [0.29, 0.717) is 49.6 Å². The number of ketones is 3. The monoisotopic (exact) mass is 827 g/mol. The molecule has 0 spiro atoms. The lowest BCUT2D eigenvalue weighted by atomic mass is 9.43. The van der Waals surface area contributed by atoms with E-state index in [1.165, 1.54) is 17.5 Å². The molecular formula is C48H71BN4O7. The average Bonchev–Trinajstić information content (AvgIpc) is 3.59. The fourth-order valence-electron chi connectivity index (χ4n) is 9.92. The normalized spacial score (nSPS) is 23.4. The molecule has 4 aliphatic rings. The first-order valence-electron chi connectivity index (χ1n) is 22.6. The van der Waals surface area contributed by atoms with Gasteiger partial charge in [-0.15, -0.1) is 0 Å². The SMILES string of the molecule is CCCCc1ccc(-c2ccc(C(=O)C[C@@H](CCN)C(=O)N(C)CC(=O)C[C@@H](C)C(=O)N[C@@H](CCCCN)C(=O)C[C@@H](C)B3O[C@@H]4C[C@@H]5C[C@@H](C5(C)C)[C@]4(C)O3)cc2)cc1. The molecule has 4 fully saturated rings.